The minimum absolute atomic E-state index is 0. The molecule has 0 amide bonds. The average molecular weight is 366 g/mol. The summed E-state index contributed by atoms with van der Waals surface area (Å²) in [6.07, 6.45) is 2.56. The van der Waals surface area contributed by atoms with Gasteiger partial charge in [-0.3, -0.25) is 4.90 Å². The minimum atomic E-state index is 0. The van der Waals surface area contributed by atoms with E-state index in [0.717, 1.165) is 18.2 Å². The highest BCUT2D eigenvalue weighted by molar-refractivity contribution is 5.85. The van der Waals surface area contributed by atoms with E-state index in [0.29, 0.717) is 5.92 Å². The van der Waals surface area contributed by atoms with Crippen LogP contribution >= 0.6 is 24.8 Å². The van der Waals surface area contributed by atoms with Crippen molar-refractivity contribution < 1.29 is 4.74 Å². The predicted molar refractivity (Wildman–Crippen MR) is 104 cm³/mol. The Morgan fingerprint density at radius 2 is 1.83 bits per heavy atom. The van der Waals surface area contributed by atoms with E-state index < -0.39 is 0 Å². The number of piperidine rings is 1. The van der Waals surface area contributed by atoms with Crippen molar-refractivity contribution in [3.05, 3.63) is 65.2 Å². The first-order chi connectivity index (χ1) is 10.8. The molecule has 4 heteroatoms. The average Bonchev–Trinajstić information content (AvgIpc) is 2.55. The van der Waals surface area contributed by atoms with Crippen LogP contribution in [0.1, 0.15) is 29.0 Å². The van der Waals surface area contributed by atoms with Crippen LogP contribution in [0.15, 0.2) is 48.5 Å². The second-order valence-corrected chi connectivity index (χ2v) is 6.75. The number of benzene rings is 2. The van der Waals surface area contributed by atoms with Gasteiger partial charge in [-0.2, -0.15) is 0 Å². The van der Waals surface area contributed by atoms with Gasteiger partial charge in [0.25, 0.3) is 0 Å². The molecule has 0 N–H and O–H groups in total. The van der Waals surface area contributed by atoms with Crippen molar-refractivity contribution in [2.45, 2.75) is 25.3 Å². The first kappa shape index (κ1) is 19.1. The largest absolute Gasteiger partial charge is 0.497 e. The van der Waals surface area contributed by atoms with Gasteiger partial charge in [0.1, 0.15) is 5.75 Å². The molecule has 1 aliphatic heterocycles. The monoisotopic (exact) mass is 365 g/mol. The summed E-state index contributed by atoms with van der Waals surface area (Å²) < 4.78 is 5.43. The van der Waals surface area contributed by atoms with Crippen LogP contribution in [-0.2, 0) is 13.0 Å². The first-order valence-corrected chi connectivity index (χ1v) is 8.25. The first-order valence-electron chi connectivity index (χ1n) is 8.25. The lowest BCUT2D eigenvalue weighted by Crippen LogP contribution is -2.42. The van der Waals surface area contributed by atoms with E-state index in [-0.39, 0.29) is 24.8 Å². The van der Waals surface area contributed by atoms with Crippen LogP contribution in [0.5, 0.6) is 5.75 Å². The van der Waals surface area contributed by atoms with Gasteiger partial charge in [-0.25, -0.2) is 0 Å². The van der Waals surface area contributed by atoms with Gasteiger partial charge >= 0.3 is 0 Å². The van der Waals surface area contributed by atoms with Gasteiger partial charge in [0.05, 0.1) is 7.11 Å². The molecule has 2 bridgehead atoms. The number of hydrogen-bond donors (Lipinski definition) is 0. The van der Waals surface area contributed by atoms with E-state index >= 15 is 0 Å². The van der Waals surface area contributed by atoms with Crippen molar-refractivity contribution in [1.82, 2.24) is 4.90 Å². The normalized spacial score (nSPS) is 21.9. The zero-order chi connectivity index (χ0) is 14.9. The molecule has 1 saturated heterocycles. The van der Waals surface area contributed by atoms with Crippen molar-refractivity contribution >= 4 is 24.8 Å². The number of likely N-dealkylation sites (tertiary alicyclic amines) is 1. The van der Waals surface area contributed by atoms with Crippen LogP contribution in [0.2, 0.25) is 0 Å². The Morgan fingerprint density at radius 1 is 1.04 bits per heavy atom. The van der Waals surface area contributed by atoms with Crippen LogP contribution in [0, 0.1) is 5.92 Å². The Bertz CT molecular complexity index is 662. The van der Waals surface area contributed by atoms with Crippen molar-refractivity contribution in [1.29, 1.82) is 0 Å². The third-order valence-corrected chi connectivity index (χ3v) is 5.16. The molecular weight excluding hydrogens is 341 g/mol. The molecule has 2 unspecified atom stereocenters. The van der Waals surface area contributed by atoms with Gasteiger partial charge in [0.15, 0.2) is 0 Å². The minimum Gasteiger partial charge on any atom is -0.497 e. The number of ether oxygens (including phenoxy) is 1. The maximum atomic E-state index is 5.43. The summed E-state index contributed by atoms with van der Waals surface area (Å²) in [7, 11) is 1.76. The van der Waals surface area contributed by atoms with Gasteiger partial charge in [-0.15, -0.1) is 24.8 Å². The van der Waals surface area contributed by atoms with E-state index in [1.54, 1.807) is 12.7 Å². The highest BCUT2D eigenvalue weighted by Crippen LogP contribution is 2.40. The Labute approximate surface area is 157 Å². The molecule has 2 nitrogen and oxygen atoms in total. The molecule has 2 aromatic carbocycles. The van der Waals surface area contributed by atoms with Gasteiger partial charge in [-0.05, 0) is 53.5 Å². The Morgan fingerprint density at radius 3 is 2.58 bits per heavy atom. The fraction of sp³-hybridized carbons (Fsp3) is 0.400. The molecule has 0 radical (unpaired) electrons. The number of nitrogens with zero attached hydrogens (tertiary/aromatic N) is 1. The van der Waals surface area contributed by atoms with Gasteiger partial charge in [-0.1, -0.05) is 36.4 Å². The lowest BCUT2D eigenvalue weighted by atomic mass is 9.74. The Hall–Kier alpha value is -1.22. The molecule has 4 rings (SSSR count). The molecule has 0 spiro atoms. The summed E-state index contributed by atoms with van der Waals surface area (Å²) in [6, 6.07) is 17.5. The highest BCUT2D eigenvalue weighted by atomic mass is 35.5. The van der Waals surface area contributed by atoms with Gasteiger partial charge in [0, 0.05) is 19.6 Å². The van der Waals surface area contributed by atoms with E-state index in [1.807, 2.05) is 0 Å². The summed E-state index contributed by atoms with van der Waals surface area (Å²) in [5.41, 5.74) is 4.49. The van der Waals surface area contributed by atoms with E-state index in [4.69, 9.17) is 4.74 Å². The molecular formula is C20H25Cl2NO. The molecule has 1 heterocycles. The lowest BCUT2D eigenvalue weighted by molar-refractivity contribution is 0.138. The summed E-state index contributed by atoms with van der Waals surface area (Å²) in [5, 5.41) is 0. The Balaban J connectivity index is 0.00000104. The van der Waals surface area contributed by atoms with Crippen molar-refractivity contribution in [3.63, 3.8) is 0 Å². The maximum Gasteiger partial charge on any atom is 0.119 e. The highest BCUT2D eigenvalue weighted by Gasteiger charge is 2.34. The fourth-order valence-electron chi connectivity index (χ4n) is 4.22. The van der Waals surface area contributed by atoms with Crippen LogP contribution in [0.3, 0.4) is 0 Å². The third-order valence-electron chi connectivity index (χ3n) is 5.16. The summed E-state index contributed by atoms with van der Waals surface area (Å²) in [5.74, 6) is 2.47. The van der Waals surface area contributed by atoms with Crippen LogP contribution < -0.4 is 4.74 Å². The quantitative estimate of drug-likeness (QED) is 0.781. The number of rotatable bonds is 3. The number of fused-ring (bicyclic) bond motifs is 4. The fourth-order valence-corrected chi connectivity index (χ4v) is 4.22. The summed E-state index contributed by atoms with van der Waals surface area (Å²) in [6.45, 7) is 3.48. The maximum absolute atomic E-state index is 5.43. The molecule has 0 aromatic heterocycles. The molecule has 130 valence electrons. The van der Waals surface area contributed by atoms with E-state index in [1.165, 1.54) is 37.1 Å². The second-order valence-electron chi connectivity index (χ2n) is 6.75. The SMILES string of the molecule is COc1ccc2c(c1)C1CC(C2)CN(Cc2ccccc2)C1.Cl.Cl. The smallest absolute Gasteiger partial charge is 0.119 e. The topological polar surface area (TPSA) is 12.5 Å². The number of halogens is 2. The molecule has 24 heavy (non-hydrogen) atoms. The van der Waals surface area contributed by atoms with Crippen molar-refractivity contribution in [2.24, 2.45) is 5.92 Å². The molecule has 2 aromatic rings. The zero-order valence-corrected chi connectivity index (χ0v) is 15.6. The zero-order valence-electron chi connectivity index (χ0n) is 14.0. The van der Waals surface area contributed by atoms with Crippen molar-refractivity contribution in [3.8, 4) is 5.75 Å². The standard InChI is InChI=1S/C20H23NO.2ClH/c1-22-19-8-7-17-9-16-10-18(20(17)11-19)14-21(13-16)12-15-5-3-2-4-6-15;;/h2-8,11,16,18H,9-10,12-14H2,1H3;2*1H. The van der Waals surface area contributed by atoms with Crippen LogP contribution in [0.25, 0.3) is 0 Å². The van der Waals surface area contributed by atoms with E-state index in [2.05, 4.69) is 53.4 Å². The number of hydrogen-bond acceptors (Lipinski definition) is 2. The summed E-state index contributed by atoms with van der Waals surface area (Å²) in [4.78, 5) is 2.64. The van der Waals surface area contributed by atoms with Crippen LogP contribution in [0.4, 0.5) is 0 Å². The van der Waals surface area contributed by atoms with Crippen LogP contribution in [-0.4, -0.2) is 25.1 Å². The second kappa shape index (κ2) is 8.24. The van der Waals surface area contributed by atoms with E-state index in [9.17, 15) is 0 Å². The predicted octanol–water partition coefficient (Wildman–Crippen LogP) is 4.70. The molecule has 1 aliphatic carbocycles. The molecule has 1 fully saturated rings. The Kier molecular flexibility index (Phi) is 6.56. The molecule has 2 atom stereocenters. The summed E-state index contributed by atoms with van der Waals surface area (Å²) >= 11 is 0. The van der Waals surface area contributed by atoms with Gasteiger partial charge in [0.2, 0.25) is 0 Å². The third kappa shape index (κ3) is 3.88. The molecule has 0 saturated carbocycles. The van der Waals surface area contributed by atoms with Crippen molar-refractivity contribution in [2.75, 3.05) is 20.2 Å². The molecule has 2 aliphatic rings. The lowest BCUT2D eigenvalue weighted by Gasteiger charge is -2.42. The van der Waals surface area contributed by atoms with Gasteiger partial charge < -0.3 is 4.74 Å². The number of methoxy groups -OCH3 is 1.